The van der Waals surface area contributed by atoms with Crippen LogP contribution in [0.15, 0.2) is 4.99 Å². The van der Waals surface area contributed by atoms with E-state index in [1.165, 1.54) is 32.5 Å². The lowest BCUT2D eigenvalue weighted by atomic mass is 9.98. The number of hydrogen-bond acceptors (Lipinski definition) is 9. The summed E-state index contributed by atoms with van der Waals surface area (Å²) in [6, 6.07) is -0.471. The van der Waals surface area contributed by atoms with Gasteiger partial charge in [0.2, 0.25) is 0 Å². The van der Waals surface area contributed by atoms with Gasteiger partial charge in [-0.2, -0.15) is 0 Å². The molecule has 0 bridgehead atoms. The van der Waals surface area contributed by atoms with E-state index in [9.17, 15) is 14.4 Å². The maximum Gasteiger partial charge on any atom is 0.303 e. The highest BCUT2D eigenvalue weighted by molar-refractivity contribution is 8.14. The Morgan fingerprint density at radius 2 is 1.70 bits per heavy atom. The lowest BCUT2D eigenvalue weighted by Gasteiger charge is -2.41. The van der Waals surface area contributed by atoms with E-state index in [2.05, 4.69) is 4.99 Å². The third-order valence-corrected chi connectivity index (χ3v) is 4.36. The van der Waals surface area contributed by atoms with Crippen LogP contribution in [0.5, 0.6) is 0 Å². The van der Waals surface area contributed by atoms with Crippen LogP contribution in [0.3, 0.4) is 0 Å². The van der Waals surface area contributed by atoms with Gasteiger partial charge in [-0.3, -0.25) is 19.4 Å². The van der Waals surface area contributed by atoms with Crippen molar-refractivity contribution >= 4 is 34.7 Å². The van der Waals surface area contributed by atoms with Crippen LogP contribution >= 0.6 is 11.8 Å². The second-order valence-corrected chi connectivity index (χ2v) is 6.54. The minimum Gasteiger partial charge on any atom is -0.463 e. The van der Waals surface area contributed by atoms with Gasteiger partial charge in [-0.15, -0.1) is 0 Å². The number of hydrogen-bond donors (Lipinski definition) is 0. The van der Waals surface area contributed by atoms with E-state index in [4.69, 9.17) is 18.9 Å². The molecule has 0 saturated carbocycles. The van der Waals surface area contributed by atoms with E-state index in [-0.39, 0.29) is 12.0 Å². The molecule has 0 aromatic heterocycles. The SMILES string of the molecule is CC(=O)OCC1O[C@@H]2SC(C)=NC2C(OC(C)=O)[C@H]1OC(C)=O. The molecule has 0 aromatic rings. The van der Waals surface area contributed by atoms with Crippen molar-refractivity contribution in [2.75, 3.05) is 6.61 Å². The van der Waals surface area contributed by atoms with Crippen LogP contribution in [0, 0.1) is 0 Å². The highest BCUT2D eigenvalue weighted by Gasteiger charge is 2.52. The molecule has 0 aromatic carbocycles. The van der Waals surface area contributed by atoms with Gasteiger partial charge in [-0.05, 0) is 6.92 Å². The van der Waals surface area contributed by atoms with Crippen molar-refractivity contribution < 1.29 is 33.3 Å². The molecule has 2 heterocycles. The first-order valence-electron chi connectivity index (χ1n) is 7.12. The molecule has 8 nitrogen and oxygen atoms in total. The van der Waals surface area contributed by atoms with Crippen LogP contribution in [-0.4, -0.2) is 59.3 Å². The Morgan fingerprint density at radius 1 is 1.09 bits per heavy atom. The zero-order chi connectivity index (χ0) is 17.1. The highest BCUT2D eigenvalue weighted by Crippen LogP contribution is 2.38. The summed E-state index contributed by atoms with van der Waals surface area (Å²) in [7, 11) is 0. The molecule has 1 fully saturated rings. The second kappa shape index (κ2) is 7.31. The van der Waals surface area contributed by atoms with Gasteiger partial charge < -0.3 is 18.9 Å². The van der Waals surface area contributed by atoms with Gasteiger partial charge in [0, 0.05) is 20.8 Å². The Kier molecular flexibility index (Phi) is 5.64. The van der Waals surface area contributed by atoms with Crippen molar-refractivity contribution in [2.45, 2.75) is 57.5 Å². The van der Waals surface area contributed by atoms with E-state index in [0.29, 0.717) is 0 Å². The number of ether oxygens (including phenoxy) is 4. The molecule has 0 amide bonds. The van der Waals surface area contributed by atoms with Crippen LogP contribution in [0.2, 0.25) is 0 Å². The zero-order valence-corrected chi connectivity index (χ0v) is 14.1. The molecular formula is C14H19NO7S. The predicted molar refractivity (Wildman–Crippen MR) is 80.9 cm³/mol. The first-order valence-corrected chi connectivity index (χ1v) is 8.00. The monoisotopic (exact) mass is 345 g/mol. The Bertz CT molecular complexity index is 535. The third kappa shape index (κ3) is 4.44. The summed E-state index contributed by atoms with van der Waals surface area (Å²) in [5.74, 6) is -1.54. The third-order valence-electron chi connectivity index (χ3n) is 3.29. The summed E-state index contributed by atoms with van der Waals surface area (Å²) in [6.07, 6.45) is -2.42. The zero-order valence-electron chi connectivity index (χ0n) is 13.3. The lowest BCUT2D eigenvalue weighted by Crippen LogP contribution is -2.59. The number of thioether (sulfide) groups is 1. The summed E-state index contributed by atoms with van der Waals surface area (Å²) >= 11 is 1.39. The smallest absolute Gasteiger partial charge is 0.303 e. The van der Waals surface area contributed by atoms with Gasteiger partial charge in [0.15, 0.2) is 12.2 Å². The fourth-order valence-electron chi connectivity index (χ4n) is 2.53. The van der Waals surface area contributed by atoms with Crippen molar-refractivity contribution in [1.82, 2.24) is 0 Å². The van der Waals surface area contributed by atoms with Crippen LogP contribution in [0.25, 0.3) is 0 Å². The standard InChI is InChI=1S/C14H19NO7S/c1-6-15-11-13(21-9(4)18)12(20-8(3)17)10(5-19-7(2)16)22-14(11)23-6/h10-14H,5H2,1-4H3/t10?,11?,12-,13?,14+/m0/s1. The molecule has 5 atom stereocenters. The highest BCUT2D eigenvalue weighted by atomic mass is 32.2. The van der Waals surface area contributed by atoms with E-state index in [0.717, 1.165) is 5.04 Å². The van der Waals surface area contributed by atoms with Crippen LogP contribution in [0.1, 0.15) is 27.7 Å². The van der Waals surface area contributed by atoms with E-state index < -0.39 is 42.3 Å². The molecule has 1 saturated heterocycles. The Balaban J connectivity index is 2.26. The topological polar surface area (TPSA) is 100 Å². The number of aliphatic imine (C=N–C) groups is 1. The van der Waals surface area contributed by atoms with Gasteiger partial charge in [0.25, 0.3) is 0 Å². The lowest BCUT2D eigenvalue weighted by molar-refractivity contribution is -0.208. The van der Waals surface area contributed by atoms with Gasteiger partial charge >= 0.3 is 17.9 Å². The predicted octanol–water partition coefficient (Wildman–Crippen LogP) is 0.672. The minimum atomic E-state index is -0.896. The van der Waals surface area contributed by atoms with Crippen molar-refractivity contribution in [3.05, 3.63) is 0 Å². The van der Waals surface area contributed by atoms with Crippen LogP contribution in [0.4, 0.5) is 0 Å². The van der Waals surface area contributed by atoms with Crippen LogP contribution in [-0.2, 0) is 33.3 Å². The summed E-state index contributed by atoms with van der Waals surface area (Å²) in [5.41, 5.74) is -0.383. The van der Waals surface area contributed by atoms with Gasteiger partial charge in [-0.25, -0.2) is 0 Å². The van der Waals surface area contributed by atoms with Gasteiger partial charge in [0.1, 0.15) is 24.2 Å². The summed E-state index contributed by atoms with van der Waals surface area (Å²) < 4.78 is 21.5. The molecule has 0 aliphatic carbocycles. The molecular weight excluding hydrogens is 326 g/mol. The molecule has 23 heavy (non-hydrogen) atoms. The van der Waals surface area contributed by atoms with E-state index >= 15 is 0 Å². The van der Waals surface area contributed by atoms with Crippen molar-refractivity contribution in [2.24, 2.45) is 4.99 Å². The largest absolute Gasteiger partial charge is 0.463 e. The number of rotatable bonds is 4. The quantitative estimate of drug-likeness (QED) is 0.541. The fourth-order valence-corrected chi connectivity index (χ4v) is 3.60. The molecule has 2 aliphatic rings. The summed E-state index contributed by atoms with van der Waals surface area (Å²) in [6.45, 7) is 5.51. The molecule has 3 unspecified atom stereocenters. The number of nitrogens with zero attached hydrogens (tertiary/aromatic N) is 1. The molecule has 2 aliphatic heterocycles. The average molecular weight is 345 g/mol. The first kappa shape index (κ1) is 17.7. The van der Waals surface area contributed by atoms with Crippen molar-refractivity contribution in [1.29, 1.82) is 0 Å². The number of carbonyl (C=O) groups excluding carboxylic acids is 3. The Hall–Kier alpha value is -1.61. The average Bonchev–Trinajstić information content (AvgIpc) is 2.78. The molecule has 0 radical (unpaired) electrons. The number of esters is 3. The molecule has 9 heteroatoms. The molecule has 0 N–H and O–H groups in total. The van der Waals surface area contributed by atoms with E-state index in [1.807, 2.05) is 6.92 Å². The van der Waals surface area contributed by atoms with Gasteiger partial charge in [-0.1, -0.05) is 11.8 Å². The van der Waals surface area contributed by atoms with E-state index in [1.54, 1.807) is 0 Å². The van der Waals surface area contributed by atoms with Crippen LogP contribution < -0.4 is 0 Å². The molecule has 0 spiro atoms. The first-order chi connectivity index (χ1) is 10.8. The fraction of sp³-hybridized carbons (Fsp3) is 0.714. The maximum atomic E-state index is 11.4. The summed E-state index contributed by atoms with van der Waals surface area (Å²) in [5, 5.41) is 0.784. The van der Waals surface area contributed by atoms with Gasteiger partial charge in [0.05, 0.1) is 5.04 Å². The normalized spacial score (nSPS) is 32.5. The minimum absolute atomic E-state index is 0.103. The Morgan fingerprint density at radius 3 is 2.26 bits per heavy atom. The molecule has 128 valence electrons. The van der Waals surface area contributed by atoms with Crippen molar-refractivity contribution in [3.63, 3.8) is 0 Å². The maximum absolute atomic E-state index is 11.4. The Labute approximate surface area is 137 Å². The second-order valence-electron chi connectivity index (χ2n) is 5.25. The van der Waals surface area contributed by atoms with Crippen molar-refractivity contribution in [3.8, 4) is 0 Å². The summed E-state index contributed by atoms with van der Waals surface area (Å²) in [4.78, 5) is 38.3. The number of fused-ring (bicyclic) bond motifs is 1. The number of carbonyl (C=O) groups is 3. The molecule has 2 rings (SSSR count).